The maximum atomic E-state index is 11.9. The Morgan fingerprint density at radius 1 is 1.30 bits per heavy atom. The monoisotopic (exact) mass is 388 g/mol. The molecule has 2 rings (SSSR count). The summed E-state index contributed by atoms with van der Waals surface area (Å²) in [6, 6.07) is 7.82. The lowest BCUT2D eigenvalue weighted by atomic mass is 10.2. The molecule has 7 nitrogen and oxygen atoms in total. The molecular weight excluding hydrogens is 360 g/mol. The molecule has 0 saturated carbocycles. The average molecular weight is 389 g/mol. The Labute approximate surface area is 165 Å². The lowest BCUT2D eigenvalue weighted by Gasteiger charge is -2.21. The van der Waals surface area contributed by atoms with Gasteiger partial charge in [-0.2, -0.15) is 0 Å². The minimum Gasteiger partial charge on any atom is -0.352 e. The van der Waals surface area contributed by atoms with Gasteiger partial charge in [0.1, 0.15) is 0 Å². The number of rotatable bonds is 7. The first-order valence-corrected chi connectivity index (χ1v) is 9.61. The summed E-state index contributed by atoms with van der Waals surface area (Å²) in [6.07, 6.45) is 0. The van der Waals surface area contributed by atoms with E-state index in [1.165, 1.54) is 0 Å². The number of aliphatic imine (C=N–C) groups is 1. The molecule has 8 heteroatoms. The number of likely N-dealkylation sites (N-methyl/N-ethyl adjacent to an activating group) is 1. The smallest absolute Gasteiger partial charge is 0.238 e. The molecule has 0 atom stereocenters. The number of aryl methyl sites for hydroxylation is 1. The minimum atomic E-state index is -0.0285. The second kappa shape index (κ2) is 10.0. The summed E-state index contributed by atoms with van der Waals surface area (Å²) in [5.74, 6) is 0.766. The van der Waals surface area contributed by atoms with Gasteiger partial charge in [-0.15, -0.1) is 11.3 Å². The summed E-state index contributed by atoms with van der Waals surface area (Å²) < 4.78 is 0. The van der Waals surface area contributed by atoms with Crippen LogP contribution in [0.3, 0.4) is 0 Å². The number of nitrogens with zero attached hydrogens (tertiary/aromatic N) is 4. The Morgan fingerprint density at radius 3 is 2.70 bits per heavy atom. The van der Waals surface area contributed by atoms with Crippen molar-refractivity contribution in [1.82, 2.24) is 20.1 Å². The third kappa shape index (κ3) is 6.99. The van der Waals surface area contributed by atoms with E-state index in [1.54, 1.807) is 18.4 Å². The van der Waals surface area contributed by atoms with Crippen LogP contribution in [0.15, 0.2) is 34.6 Å². The van der Waals surface area contributed by atoms with Crippen molar-refractivity contribution in [2.24, 2.45) is 4.99 Å². The lowest BCUT2D eigenvalue weighted by molar-refractivity contribution is -0.116. The SMILES string of the molecule is CN=C(NCc1cccc(NC(=O)CN(C)C)c1)N(C)Cc1csc(C)n1. The molecule has 146 valence electrons. The summed E-state index contributed by atoms with van der Waals surface area (Å²) >= 11 is 1.65. The molecule has 1 amide bonds. The van der Waals surface area contributed by atoms with Crippen LogP contribution in [0.4, 0.5) is 5.69 Å². The van der Waals surface area contributed by atoms with Crippen LogP contribution in [0.1, 0.15) is 16.3 Å². The van der Waals surface area contributed by atoms with Crippen LogP contribution >= 0.6 is 11.3 Å². The Balaban J connectivity index is 1.92. The van der Waals surface area contributed by atoms with E-state index in [0.29, 0.717) is 19.6 Å². The quantitative estimate of drug-likeness (QED) is 0.562. The van der Waals surface area contributed by atoms with E-state index in [4.69, 9.17) is 0 Å². The first-order chi connectivity index (χ1) is 12.9. The second-order valence-corrected chi connectivity index (χ2v) is 7.66. The van der Waals surface area contributed by atoms with E-state index in [1.807, 2.05) is 62.1 Å². The summed E-state index contributed by atoms with van der Waals surface area (Å²) in [6.45, 7) is 3.68. The highest BCUT2D eigenvalue weighted by Crippen LogP contribution is 2.12. The zero-order valence-corrected chi connectivity index (χ0v) is 17.4. The van der Waals surface area contributed by atoms with E-state index in [0.717, 1.165) is 27.9 Å². The molecule has 0 bridgehead atoms. The van der Waals surface area contributed by atoms with Gasteiger partial charge in [-0.3, -0.25) is 9.79 Å². The minimum absolute atomic E-state index is 0.0285. The maximum Gasteiger partial charge on any atom is 0.238 e. The molecule has 0 aliphatic rings. The molecule has 0 radical (unpaired) electrons. The summed E-state index contributed by atoms with van der Waals surface area (Å²) in [7, 11) is 7.49. The fraction of sp³-hybridized carbons (Fsp3) is 0.421. The van der Waals surface area contributed by atoms with Gasteiger partial charge in [-0.25, -0.2) is 4.98 Å². The van der Waals surface area contributed by atoms with E-state index >= 15 is 0 Å². The standard InChI is InChI=1S/C19H28N6OS/c1-14-22-17(13-27-14)11-25(5)19(20-2)21-10-15-7-6-8-16(9-15)23-18(26)12-24(3)4/h6-9,13H,10-12H2,1-5H3,(H,20,21)(H,23,26). The Hall–Kier alpha value is -2.45. The highest BCUT2D eigenvalue weighted by Gasteiger charge is 2.09. The van der Waals surface area contributed by atoms with Crippen LogP contribution in [-0.2, 0) is 17.9 Å². The van der Waals surface area contributed by atoms with Crippen LogP contribution < -0.4 is 10.6 Å². The number of hydrogen-bond donors (Lipinski definition) is 2. The molecule has 2 N–H and O–H groups in total. The van der Waals surface area contributed by atoms with Crippen molar-refractivity contribution in [2.45, 2.75) is 20.0 Å². The highest BCUT2D eigenvalue weighted by atomic mass is 32.1. The molecule has 0 unspecified atom stereocenters. The number of hydrogen-bond acceptors (Lipinski definition) is 5. The van der Waals surface area contributed by atoms with Gasteiger partial charge >= 0.3 is 0 Å². The van der Waals surface area contributed by atoms with Gasteiger partial charge in [0.15, 0.2) is 5.96 Å². The number of aromatic nitrogens is 1. The molecule has 0 aliphatic carbocycles. The third-order valence-electron chi connectivity index (χ3n) is 3.76. The first kappa shape index (κ1) is 20.9. The van der Waals surface area contributed by atoms with Gasteiger partial charge in [0, 0.05) is 31.7 Å². The van der Waals surface area contributed by atoms with Crippen molar-refractivity contribution >= 4 is 28.9 Å². The van der Waals surface area contributed by atoms with Crippen molar-refractivity contribution in [1.29, 1.82) is 0 Å². The molecule has 0 spiro atoms. The molecule has 27 heavy (non-hydrogen) atoms. The van der Waals surface area contributed by atoms with Gasteiger partial charge in [0.25, 0.3) is 0 Å². The first-order valence-electron chi connectivity index (χ1n) is 8.73. The van der Waals surface area contributed by atoms with Crippen LogP contribution in [0, 0.1) is 6.92 Å². The molecule has 1 aromatic heterocycles. The Kier molecular flexibility index (Phi) is 7.75. The highest BCUT2D eigenvalue weighted by molar-refractivity contribution is 7.09. The Bertz CT molecular complexity index is 786. The number of guanidine groups is 1. The number of thiazole rings is 1. The maximum absolute atomic E-state index is 11.9. The van der Waals surface area contributed by atoms with Crippen molar-refractivity contribution < 1.29 is 4.79 Å². The van der Waals surface area contributed by atoms with Gasteiger partial charge in [-0.1, -0.05) is 12.1 Å². The summed E-state index contributed by atoms with van der Waals surface area (Å²) in [5, 5.41) is 9.41. The van der Waals surface area contributed by atoms with E-state index in [2.05, 4.69) is 26.0 Å². The topological polar surface area (TPSA) is 72.9 Å². The van der Waals surface area contributed by atoms with Gasteiger partial charge < -0.3 is 20.4 Å². The molecule has 1 aromatic carbocycles. The van der Waals surface area contributed by atoms with Crippen LogP contribution in [0.2, 0.25) is 0 Å². The van der Waals surface area contributed by atoms with E-state index < -0.39 is 0 Å². The fourth-order valence-corrected chi connectivity index (χ4v) is 3.22. The average Bonchev–Trinajstić information content (AvgIpc) is 2.99. The predicted molar refractivity (Wildman–Crippen MR) is 112 cm³/mol. The van der Waals surface area contributed by atoms with Crippen molar-refractivity contribution in [3.05, 3.63) is 45.9 Å². The zero-order valence-electron chi connectivity index (χ0n) is 16.6. The normalized spacial score (nSPS) is 11.6. The number of carbonyl (C=O) groups is 1. The molecular formula is C19H28N6OS. The number of amides is 1. The summed E-state index contributed by atoms with van der Waals surface area (Å²) in [4.78, 5) is 24.6. The van der Waals surface area contributed by atoms with Crippen molar-refractivity contribution in [2.75, 3.05) is 40.1 Å². The second-order valence-electron chi connectivity index (χ2n) is 6.60. The van der Waals surface area contributed by atoms with E-state index in [-0.39, 0.29) is 5.91 Å². The fourth-order valence-electron chi connectivity index (χ4n) is 2.61. The molecule has 0 saturated heterocycles. The number of benzene rings is 1. The molecule has 0 fully saturated rings. The Morgan fingerprint density at radius 2 is 2.07 bits per heavy atom. The van der Waals surface area contributed by atoms with Gasteiger partial charge in [0.2, 0.25) is 5.91 Å². The largest absolute Gasteiger partial charge is 0.352 e. The lowest BCUT2D eigenvalue weighted by Crippen LogP contribution is -2.38. The van der Waals surface area contributed by atoms with Crippen molar-refractivity contribution in [3.8, 4) is 0 Å². The zero-order chi connectivity index (χ0) is 19.8. The number of anilines is 1. The third-order valence-corrected chi connectivity index (χ3v) is 4.58. The van der Waals surface area contributed by atoms with Crippen LogP contribution in [0.5, 0.6) is 0 Å². The summed E-state index contributed by atoms with van der Waals surface area (Å²) in [5.41, 5.74) is 2.90. The van der Waals surface area contributed by atoms with Crippen molar-refractivity contribution in [3.63, 3.8) is 0 Å². The van der Waals surface area contributed by atoms with Crippen LogP contribution in [0.25, 0.3) is 0 Å². The number of carbonyl (C=O) groups excluding carboxylic acids is 1. The molecule has 1 heterocycles. The molecule has 2 aromatic rings. The van der Waals surface area contributed by atoms with Gasteiger partial charge in [0.05, 0.1) is 23.8 Å². The molecule has 0 aliphatic heterocycles. The van der Waals surface area contributed by atoms with Crippen LogP contribution in [-0.4, -0.2) is 61.4 Å². The van der Waals surface area contributed by atoms with Gasteiger partial charge in [-0.05, 0) is 38.7 Å². The predicted octanol–water partition coefficient (Wildman–Crippen LogP) is 2.16. The van der Waals surface area contributed by atoms with E-state index in [9.17, 15) is 4.79 Å². The number of nitrogens with one attached hydrogen (secondary N) is 2.